The highest BCUT2D eigenvalue weighted by atomic mass is 35.5. The fourth-order valence-corrected chi connectivity index (χ4v) is 4.50. The van der Waals surface area contributed by atoms with E-state index in [-0.39, 0.29) is 29.5 Å². The number of amides is 2. The van der Waals surface area contributed by atoms with Crippen LogP contribution in [-0.4, -0.2) is 45.9 Å². The van der Waals surface area contributed by atoms with Gasteiger partial charge < -0.3 is 5.32 Å². The largest absolute Gasteiger partial charge is 0.522 e. The fraction of sp³-hybridized carbons (Fsp3) is 0.500. The number of hydrogen-bond acceptors (Lipinski definition) is 5. The van der Waals surface area contributed by atoms with Crippen LogP contribution in [0, 0.1) is 0 Å². The van der Waals surface area contributed by atoms with Crippen LogP contribution in [0.2, 0.25) is 0 Å². The summed E-state index contributed by atoms with van der Waals surface area (Å²) in [5.41, 5.74) is -2.89. The first-order chi connectivity index (χ1) is 16.8. The van der Waals surface area contributed by atoms with Gasteiger partial charge in [0.25, 0.3) is 17.4 Å². The highest BCUT2D eigenvalue weighted by molar-refractivity contribution is 6.32. The molecule has 1 N–H and O–H groups in total. The first-order valence-electron chi connectivity index (χ1n) is 11.4. The molecule has 12 heteroatoms. The Balaban J connectivity index is 1.67. The Kier molecular flexibility index (Phi) is 7.00. The summed E-state index contributed by atoms with van der Waals surface area (Å²) in [6.45, 7) is 3.49. The Morgan fingerprint density at radius 2 is 1.75 bits per heavy atom. The summed E-state index contributed by atoms with van der Waals surface area (Å²) in [5, 5.41) is 2.66. The topological polar surface area (TPSA) is 84.4 Å². The molecule has 2 aromatic rings. The lowest BCUT2D eigenvalue weighted by Crippen LogP contribution is -2.61. The predicted octanol–water partition coefficient (Wildman–Crippen LogP) is 4.49. The second kappa shape index (κ2) is 9.59. The highest BCUT2D eigenvalue weighted by Crippen LogP contribution is 2.48. The molecule has 4 rings (SSSR count). The Labute approximate surface area is 210 Å². The van der Waals surface area contributed by atoms with Crippen LogP contribution in [0.25, 0.3) is 0 Å². The van der Waals surface area contributed by atoms with Gasteiger partial charge in [-0.1, -0.05) is 30.7 Å². The number of ether oxygens (including phenoxy) is 1. The number of alkyl halides is 5. The Hall–Kier alpha value is -2.79. The normalized spacial score (nSPS) is 23.1. The minimum Gasteiger partial charge on any atom is -0.351 e. The predicted molar refractivity (Wildman–Crippen MR) is 123 cm³/mol. The van der Waals surface area contributed by atoms with Gasteiger partial charge in [0.15, 0.2) is 5.54 Å². The summed E-state index contributed by atoms with van der Waals surface area (Å²) in [4.78, 5) is 35.6. The van der Waals surface area contributed by atoms with Crippen LogP contribution in [0.3, 0.4) is 0 Å². The van der Waals surface area contributed by atoms with E-state index in [1.54, 1.807) is 12.1 Å². The van der Waals surface area contributed by atoms with Gasteiger partial charge in [0.1, 0.15) is 6.33 Å². The Morgan fingerprint density at radius 1 is 1.17 bits per heavy atom. The van der Waals surface area contributed by atoms with E-state index in [9.17, 15) is 27.2 Å². The number of aromatic nitrogens is 2. The molecule has 0 spiro atoms. The molecule has 1 aromatic heterocycles. The van der Waals surface area contributed by atoms with Gasteiger partial charge >= 0.3 is 6.36 Å². The zero-order chi connectivity index (χ0) is 26.3. The van der Waals surface area contributed by atoms with Crippen molar-refractivity contribution in [2.24, 2.45) is 0 Å². The average molecular weight is 529 g/mol. The summed E-state index contributed by atoms with van der Waals surface area (Å²) < 4.78 is 55.7. The van der Waals surface area contributed by atoms with Crippen molar-refractivity contribution in [3.8, 4) is 0 Å². The minimum atomic E-state index is -4.78. The van der Waals surface area contributed by atoms with Gasteiger partial charge in [0, 0.05) is 29.7 Å². The number of carbonyl (C=O) groups excluding carboxylic acids is 2. The number of nitrogens with one attached hydrogen (secondary N) is 1. The summed E-state index contributed by atoms with van der Waals surface area (Å²) in [6, 6.07) is 6.22. The van der Waals surface area contributed by atoms with Crippen molar-refractivity contribution in [1.82, 2.24) is 15.3 Å². The summed E-state index contributed by atoms with van der Waals surface area (Å²) >= 11 is 5.57. The molecule has 2 amide bonds. The minimum absolute atomic E-state index is 0.0374. The van der Waals surface area contributed by atoms with Crippen molar-refractivity contribution in [1.29, 1.82) is 0 Å². The van der Waals surface area contributed by atoms with E-state index in [0.29, 0.717) is 0 Å². The lowest BCUT2D eigenvalue weighted by atomic mass is 9.85. The van der Waals surface area contributed by atoms with Crippen molar-refractivity contribution in [3.05, 3.63) is 54.1 Å². The quantitative estimate of drug-likeness (QED) is 0.403. The third kappa shape index (κ3) is 5.31. The summed E-state index contributed by atoms with van der Waals surface area (Å²) in [7, 11) is 0. The fourth-order valence-electron chi connectivity index (χ4n) is 4.40. The van der Waals surface area contributed by atoms with E-state index in [0.717, 1.165) is 23.3 Å². The van der Waals surface area contributed by atoms with Gasteiger partial charge in [-0.25, -0.2) is 14.4 Å². The first kappa shape index (κ1) is 26.3. The average Bonchev–Trinajstić information content (AvgIpc) is 3.56. The number of nitrogens with zero attached hydrogens (tertiary/aromatic N) is 3. The van der Waals surface area contributed by atoms with E-state index < -0.39 is 41.5 Å². The molecule has 0 aliphatic heterocycles. The van der Waals surface area contributed by atoms with E-state index in [4.69, 9.17) is 11.6 Å². The standard InChI is InChI=1S/C24H25ClF4N4O3/c1-22(7-8-22)14-3-5-17(6-4-14)33(20(34)19(25)26)23(2,15-11-30-13-31-12-15)21(35)32-16-9-18(10-16)36-24(27,28)29/h3-6,11-13,16,18-19H,7-10H2,1-2H3,(H,32,35)/t16?,18?,19-,23+/m0/s1. The molecular formula is C24H25ClF4N4O3. The second-order valence-corrected chi connectivity index (χ2v) is 9.99. The van der Waals surface area contributed by atoms with Crippen LogP contribution in [0.15, 0.2) is 43.0 Å². The first-order valence-corrected chi connectivity index (χ1v) is 11.8. The number of rotatable bonds is 8. The number of halogens is 5. The molecule has 1 aromatic carbocycles. The molecule has 2 saturated carbocycles. The van der Waals surface area contributed by atoms with Crippen molar-refractivity contribution < 1.29 is 31.9 Å². The maximum atomic E-state index is 14.3. The van der Waals surface area contributed by atoms with Crippen LogP contribution in [0.4, 0.5) is 23.2 Å². The lowest BCUT2D eigenvalue weighted by molar-refractivity contribution is -0.351. The third-order valence-electron chi connectivity index (χ3n) is 6.97. The third-order valence-corrected chi connectivity index (χ3v) is 7.16. The van der Waals surface area contributed by atoms with Gasteiger partial charge in [-0.3, -0.25) is 19.2 Å². The molecule has 0 radical (unpaired) electrons. The van der Waals surface area contributed by atoms with Crippen LogP contribution >= 0.6 is 11.6 Å². The zero-order valence-electron chi connectivity index (χ0n) is 19.6. The van der Waals surface area contributed by atoms with Gasteiger partial charge in [-0.15, -0.1) is 13.2 Å². The lowest BCUT2D eigenvalue weighted by Gasteiger charge is -2.43. The molecular weight excluding hydrogens is 504 g/mol. The van der Waals surface area contributed by atoms with Gasteiger partial charge in [0.05, 0.1) is 6.10 Å². The molecule has 194 valence electrons. The Bertz CT molecular complexity index is 1110. The van der Waals surface area contributed by atoms with Crippen LogP contribution < -0.4 is 10.2 Å². The monoisotopic (exact) mass is 528 g/mol. The SMILES string of the molecule is CC1(c2ccc(N(C(=O)[C@H](F)Cl)[C@@](C)(C(=O)NC3CC(OC(F)(F)F)C3)c3cncnc3)cc2)CC1. The van der Waals surface area contributed by atoms with Gasteiger partial charge in [-0.2, -0.15) is 0 Å². The zero-order valence-corrected chi connectivity index (χ0v) is 20.3. The maximum absolute atomic E-state index is 14.3. The second-order valence-electron chi connectivity index (χ2n) is 9.61. The Morgan fingerprint density at radius 3 is 2.25 bits per heavy atom. The van der Waals surface area contributed by atoms with Crippen LogP contribution in [0.5, 0.6) is 0 Å². The summed E-state index contributed by atoms with van der Waals surface area (Å²) in [6.07, 6.45) is -0.133. The molecule has 0 bridgehead atoms. The van der Waals surface area contributed by atoms with E-state index >= 15 is 0 Å². The van der Waals surface area contributed by atoms with E-state index in [1.165, 1.54) is 25.6 Å². The van der Waals surface area contributed by atoms with Gasteiger partial charge in [-0.05, 0) is 55.7 Å². The van der Waals surface area contributed by atoms with Crippen molar-refractivity contribution in [2.45, 2.75) is 74.6 Å². The molecule has 2 atom stereocenters. The van der Waals surface area contributed by atoms with Crippen molar-refractivity contribution in [3.63, 3.8) is 0 Å². The number of benzene rings is 1. The molecule has 7 nitrogen and oxygen atoms in total. The van der Waals surface area contributed by atoms with E-state index in [2.05, 4.69) is 26.9 Å². The molecule has 2 aliphatic rings. The molecule has 1 heterocycles. The molecule has 0 saturated heterocycles. The highest BCUT2D eigenvalue weighted by Gasteiger charge is 2.49. The smallest absolute Gasteiger partial charge is 0.351 e. The molecule has 2 fully saturated rings. The molecule has 2 aliphatic carbocycles. The molecule has 36 heavy (non-hydrogen) atoms. The van der Waals surface area contributed by atoms with Gasteiger partial charge in [0.2, 0.25) is 0 Å². The molecule has 0 unspecified atom stereocenters. The van der Waals surface area contributed by atoms with Crippen LogP contribution in [-0.2, 0) is 25.3 Å². The number of carbonyl (C=O) groups is 2. The maximum Gasteiger partial charge on any atom is 0.522 e. The van der Waals surface area contributed by atoms with Crippen LogP contribution in [0.1, 0.15) is 50.7 Å². The number of hydrogen-bond donors (Lipinski definition) is 1. The number of anilines is 1. The van der Waals surface area contributed by atoms with E-state index in [1.807, 2.05) is 12.1 Å². The summed E-state index contributed by atoms with van der Waals surface area (Å²) in [5.74, 6) is -1.94. The van der Waals surface area contributed by atoms with Crippen molar-refractivity contribution in [2.75, 3.05) is 4.90 Å². The van der Waals surface area contributed by atoms with Crippen molar-refractivity contribution >= 4 is 29.1 Å².